The van der Waals surface area contributed by atoms with E-state index in [1.54, 1.807) is 0 Å². The van der Waals surface area contributed by atoms with Gasteiger partial charge >= 0.3 is 6.61 Å². The Morgan fingerprint density at radius 1 is 1.06 bits per heavy atom. The lowest BCUT2D eigenvalue weighted by Gasteiger charge is -2.34. The van der Waals surface area contributed by atoms with Crippen molar-refractivity contribution in [1.82, 2.24) is 9.21 Å². The van der Waals surface area contributed by atoms with Crippen LogP contribution in [0.2, 0.25) is 10.0 Å². The predicted octanol–water partition coefficient (Wildman–Crippen LogP) is 3.75. The monoisotopic (exact) mass is 494 g/mol. The van der Waals surface area contributed by atoms with Crippen molar-refractivity contribution in [1.29, 1.82) is 0 Å². The number of benzene rings is 2. The SMILES string of the molecule is COc1ccc(C(=O)N2CCN(S(=O)(=O)c3cccc(Cl)c3Cl)CC2)cc1OC(F)F. The summed E-state index contributed by atoms with van der Waals surface area (Å²) in [6, 6.07) is 8.29. The van der Waals surface area contributed by atoms with Crippen molar-refractivity contribution in [3.63, 3.8) is 0 Å². The molecule has 1 amide bonds. The molecule has 1 saturated heterocycles. The van der Waals surface area contributed by atoms with E-state index in [0.717, 1.165) is 0 Å². The summed E-state index contributed by atoms with van der Waals surface area (Å²) in [4.78, 5) is 14.1. The highest BCUT2D eigenvalue weighted by Gasteiger charge is 2.32. The topological polar surface area (TPSA) is 76.2 Å². The number of rotatable bonds is 6. The first-order valence-electron chi connectivity index (χ1n) is 9.01. The maximum atomic E-state index is 12.9. The Balaban J connectivity index is 1.73. The molecule has 0 unspecified atom stereocenters. The van der Waals surface area contributed by atoms with Gasteiger partial charge in [-0.15, -0.1) is 0 Å². The first-order chi connectivity index (χ1) is 14.6. The average Bonchev–Trinajstić information content (AvgIpc) is 2.74. The van der Waals surface area contributed by atoms with Crippen LogP contribution in [-0.4, -0.2) is 63.4 Å². The van der Waals surface area contributed by atoms with Crippen molar-refractivity contribution < 1.29 is 31.5 Å². The van der Waals surface area contributed by atoms with Gasteiger partial charge in [-0.05, 0) is 30.3 Å². The minimum absolute atomic E-state index is 0.0352. The van der Waals surface area contributed by atoms with Gasteiger partial charge in [0.25, 0.3) is 5.91 Å². The third-order valence-electron chi connectivity index (χ3n) is 4.69. The van der Waals surface area contributed by atoms with Crippen LogP contribution in [0.5, 0.6) is 11.5 Å². The summed E-state index contributed by atoms with van der Waals surface area (Å²) in [5.74, 6) is -0.647. The Hall–Kier alpha value is -2.14. The minimum Gasteiger partial charge on any atom is -0.493 e. The molecule has 31 heavy (non-hydrogen) atoms. The van der Waals surface area contributed by atoms with Crippen molar-refractivity contribution in [3.05, 3.63) is 52.0 Å². The highest BCUT2D eigenvalue weighted by molar-refractivity contribution is 7.89. The van der Waals surface area contributed by atoms with E-state index in [4.69, 9.17) is 27.9 Å². The summed E-state index contributed by atoms with van der Waals surface area (Å²) < 4.78 is 61.6. The molecule has 0 bridgehead atoms. The average molecular weight is 495 g/mol. The van der Waals surface area contributed by atoms with E-state index in [1.165, 1.54) is 52.7 Å². The van der Waals surface area contributed by atoms with Gasteiger partial charge in [0.15, 0.2) is 11.5 Å². The van der Waals surface area contributed by atoms with Gasteiger partial charge in [0.2, 0.25) is 10.0 Å². The highest BCUT2D eigenvalue weighted by Crippen LogP contribution is 2.32. The molecule has 1 fully saturated rings. The molecule has 7 nitrogen and oxygen atoms in total. The summed E-state index contributed by atoms with van der Waals surface area (Å²) >= 11 is 12.0. The van der Waals surface area contributed by atoms with Crippen LogP contribution in [0, 0.1) is 0 Å². The zero-order valence-electron chi connectivity index (χ0n) is 16.2. The lowest BCUT2D eigenvalue weighted by atomic mass is 10.1. The van der Waals surface area contributed by atoms with Crippen LogP contribution in [0.15, 0.2) is 41.3 Å². The van der Waals surface area contributed by atoms with Crippen LogP contribution < -0.4 is 9.47 Å². The first-order valence-corrected chi connectivity index (χ1v) is 11.2. The molecule has 1 heterocycles. The fourth-order valence-corrected chi connectivity index (χ4v) is 5.29. The lowest BCUT2D eigenvalue weighted by molar-refractivity contribution is -0.0512. The third kappa shape index (κ3) is 5.03. The van der Waals surface area contributed by atoms with Crippen molar-refractivity contribution >= 4 is 39.1 Å². The maximum Gasteiger partial charge on any atom is 0.387 e. The number of carbonyl (C=O) groups excluding carboxylic acids is 1. The number of methoxy groups -OCH3 is 1. The molecule has 12 heteroatoms. The summed E-state index contributed by atoms with van der Waals surface area (Å²) in [5, 5.41) is 0.0605. The number of nitrogens with zero attached hydrogens (tertiary/aromatic N) is 2. The van der Waals surface area contributed by atoms with Crippen molar-refractivity contribution in [3.8, 4) is 11.5 Å². The molecule has 0 aromatic heterocycles. The largest absolute Gasteiger partial charge is 0.493 e. The molecule has 3 rings (SSSR count). The van der Waals surface area contributed by atoms with E-state index in [2.05, 4.69) is 4.74 Å². The molecule has 2 aromatic rings. The molecule has 0 atom stereocenters. The molecule has 0 saturated carbocycles. The molecule has 1 aliphatic heterocycles. The molecular formula is C19H18Cl2F2N2O5S. The zero-order chi connectivity index (χ0) is 22.8. The number of hydrogen-bond donors (Lipinski definition) is 0. The van der Waals surface area contributed by atoms with E-state index in [-0.39, 0.29) is 58.2 Å². The van der Waals surface area contributed by atoms with Gasteiger partial charge in [-0.1, -0.05) is 29.3 Å². The van der Waals surface area contributed by atoms with E-state index < -0.39 is 22.5 Å². The Kier molecular flexibility index (Phi) is 7.25. The van der Waals surface area contributed by atoms with Crippen LogP contribution in [-0.2, 0) is 10.0 Å². The van der Waals surface area contributed by atoms with Crippen molar-refractivity contribution in [2.75, 3.05) is 33.3 Å². The second kappa shape index (κ2) is 9.56. The molecule has 0 radical (unpaired) electrons. The number of carbonyl (C=O) groups is 1. The number of halogens is 4. The second-order valence-electron chi connectivity index (χ2n) is 6.49. The van der Waals surface area contributed by atoms with Gasteiger partial charge in [0.05, 0.1) is 17.2 Å². The fraction of sp³-hybridized carbons (Fsp3) is 0.316. The van der Waals surface area contributed by atoms with Crippen molar-refractivity contribution in [2.24, 2.45) is 0 Å². The Morgan fingerprint density at radius 2 is 1.74 bits per heavy atom. The van der Waals surface area contributed by atoms with E-state index in [0.29, 0.717) is 0 Å². The molecule has 0 N–H and O–H groups in total. The Labute approximate surface area is 188 Å². The molecule has 0 aliphatic carbocycles. The van der Waals surface area contributed by atoms with Crippen LogP contribution in [0.3, 0.4) is 0 Å². The molecule has 2 aromatic carbocycles. The van der Waals surface area contributed by atoms with E-state index >= 15 is 0 Å². The molecule has 0 spiro atoms. The van der Waals surface area contributed by atoms with Gasteiger partial charge in [-0.2, -0.15) is 13.1 Å². The quantitative estimate of drug-likeness (QED) is 0.611. The van der Waals surface area contributed by atoms with Gasteiger partial charge in [0.1, 0.15) is 4.90 Å². The van der Waals surface area contributed by atoms with E-state index in [9.17, 15) is 22.0 Å². The van der Waals surface area contributed by atoms with Crippen LogP contribution >= 0.6 is 23.2 Å². The van der Waals surface area contributed by atoms with E-state index in [1.807, 2.05) is 0 Å². The molecule has 1 aliphatic rings. The van der Waals surface area contributed by atoms with Crippen LogP contribution in [0.1, 0.15) is 10.4 Å². The Bertz CT molecular complexity index is 1080. The lowest BCUT2D eigenvalue weighted by Crippen LogP contribution is -2.50. The minimum atomic E-state index is -3.90. The summed E-state index contributed by atoms with van der Waals surface area (Å²) in [6.07, 6.45) is 0. The number of hydrogen-bond acceptors (Lipinski definition) is 5. The molecule has 168 valence electrons. The van der Waals surface area contributed by atoms with Crippen LogP contribution in [0.4, 0.5) is 8.78 Å². The van der Waals surface area contributed by atoms with Gasteiger partial charge < -0.3 is 14.4 Å². The number of amides is 1. The smallest absolute Gasteiger partial charge is 0.387 e. The summed E-state index contributed by atoms with van der Waals surface area (Å²) in [6.45, 7) is -2.80. The number of sulfonamides is 1. The fourth-order valence-electron chi connectivity index (χ4n) is 3.13. The van der Waals surface area contributed by atoms with Crippen molar-refractivity contribution in [2.45, 2.75) is 11.5 Å². The summed E-state index contributed by atoms with van der Waals surface area (Å²) in [5.41, 5.74) is 0.116. The maximum absolute atomic E-state index is 12.9. The van der Waals surface area contributed by atoms with Gasteiger partial charge in [-0.25, -0.2) is 8.42 Å². The third-order valence-corrected chi connectivity index (χ3v) is 7.56. The van der Waals surface area contributed by atoms with Gasteiger partial charge in [0, 0.05) is 31.7 Å². The predicted molar refractivity (Wildman–Crippen MR) is 111 cm³/mol. The summed E-state index contributed by atoms with van der Waals surface area (Å²) in [7, 11) is -2.61. The first kappa shape index (κ1) is 23.5. The normalized spacial score (nSPS) is 15.2. The Morgan fingerprint density at radius 3 is 2.35 bits per heavy atom. The molecular weight excluding hydrogens is 477 g/mol. The standard InChI is InChI=1S/C19H18Cl2F2N2O5S/c1-29-14-6-5-12(11-15(14)30-19(22)23)18(26)24-7-9-25(10-8-24)31(27,28)16-4-2-3-13(20)17(16)21/h2-6,11,19H,7-10H2,1H3. The number of piperazine rings is 1. The van der Waals surface area contributed by atoms with Crippen LogP contribution in [0.25, 0.3) is 0 Å². The number of alkyl halides is 2. The van der Waals surface area contributed by atoms with Gasteiger partial charge in [-0.3, -0.25) is 4.79 Å². The zero-order valence-corrected chi connectivity index (χ0v) is 18.6. The number of ether oxygens (including phenoxy) is 2. The highest BCUT2D eigenvalue weighted by atomic mass is 35.5. The second-order valence-corrected chi connectivity index (χ2v) is 9.18.